The fraction of sp³-hybridized carbons (Fsp3) is 0.160. The summed E-state index contributed by atoms with van der Waals surface area (Å²) in [6, 6.07) is 35.4. The summed E-state index contributed by atoms with van der Waals surface area (Å²) >= 11 is 0. The van der Waals surface area contributed by atoms with Gasteiger partial charge in [-0.2, -0.15) is 0 Å². The number of hydrogen-bond donors (Lipinski definition) is 4. The van der Waals surface area contributed by atoms with E-state index in [0.29, 0.717) is 47.2 Å². The number of ketones is 3. The molecular formula is C50H47NO10. The van der Waals surface area contributed by atoms with Crippen LogP contribution in [0.4, 0.5) is 0 Å². The fourth-order valence-electron chi connectivity index (χ4n) is 6.09. The second-order valence-electron chi connectivity index (χ2n) is 13.9. The molecule has 1 aromatic heterocycles. The number of rotatable bonds is 12. The van der Waals surface area contributed by atoms with Gasteiger partial charge in [-0.1, -0.05) is 42.5 Å². The van der Waals surface area contributed by atoms with E-state index < -0.39 is 5.78 Å². The van der Waals surface area contributed by atoms with Crippen LogP contribution in [0.15, 0.2) is 140 Å². The minimum atomic E-state index is -0.471. The Labute approximate surface area is 354 Å². The van der Waals surface area contributed by atoms with Crippen molar-refractivity contribution < 1.29 is 49.0 Å². The molecule has 312 valence electrons. The van der Waals surface area contributed by atoms with Crippen molar-refractivity contribution in [2.75, 3.05) is 13.2 Å². The number of fused-ring (bicyclic) bond motifs is 1. The molecule has 0 spiro atoms. The Morgan fingerprint density at radius 3 is 1.52 bits per heavy atom. The van der Waals surface area contributed by atoms with Crippen LogP contribution in [0, 0.1) is 6.92 Å². The van der Waals surface area contributed by atoms with Crippen molar-refractivity contribution in [3.8, 4) is 40.2 Å². The first-order valence-corrected chi connectivity index (χ1v) is 19.5. The number of aromatic hydroxyl groups is 4. The lowest BCUT2D eigenvalue weighted by Crippen LogP contribution is -2.06. The summed E-state index contributed by atoms with van der Waals surface area (Å²) < 4.78 is 16.0. The largest absolute Gasteiger partial charge is 0.507 e. The van der Waals surface area contributed by atoms with Gasteiger partial charge in [-0.15, -0.1) is 0 Å². The van der Waals surface area contributed by atoms with Gasteiger partial charge >= 0.3 is 0 Å². The molecule has 1 heterocycles. The molecular weight excluding hydrogens is 775 g/mol. The predicted octanol–water partition coefficient (Wildman–Crippen LogP) is 10.0. The van der Waals surface area contributed by atoms with E-state index in [2.05, 4.69) is 4.98 Å². The van der Waals surface area contributed by atoms with E-state index in [1.165, 1.54) is 36.5 Å². The highest BCUT2D eigenvalue weighted by atomic mass is 16.5. The van der Waals surface area contributed by atoms with Crippen LogP contribution in [0.3, 0.4) is 0 Å². The first-order valence-electron chi connectivity index (χ1n) is 19.5. The number of ether oxygens (including phenoxy) is 3. The SMILES string of the molecule is CC(C)Oc1ccc(C(=O)c2ccc3ccccc3c2)c(O)c1.CCOc1ccc(C(=O)c2ccc(OCC)cc2O)c(O)c1.Cc1ccc(C(=O)c2cccnc2)c(O)c1. The number of carbonyl (C=O) groups is 3. The Morgan fingerprint density at radius 2 is 1.02 bits per heavy atom. The number of pyridine rings is 1. The topological polar surface area (TPSA) is 173 Å². The summed E-state index contributed by atoms with van der Waals surface area (Å²) in [7, 11) is 0. The van der Waals surface area contributed by atoms with Gasteiger partial charge in [-0.25, -0.2) is 0 Å². The third-order valence-electron chi connectivity index (χ3n) is 8.97. The number of benzene rings is 6. The highest BCUT2D eigenvalue weighted by Gasteiger charge is 2.19. The molecule has 7 rings (SSSR count). The Hall–Kier alpha value is -7.66. The van der Waals surface area contributed by atoms with E-state index in [1.54, 1.807) is 66.9 Å². The monoisotopic (exact) mass is 821 g/mol. The minimum absolute atomic E-state index is 0.00820. The van der Waals surface area contributed by atoms with Gasteiger partial charge in [0.15, 0.2) is 17.3 Å². The van der Waals surface area contributed by atoms with Gasteiger partial charge in [-0.3, -0.25) is 19.4 Å². The van der Waals surface area contributed by atoms with E-state index >= 15 is 0 Å². The van der Waals surface area contributed by atoms with Crippen molar-refractivity contribution in [3.63, 3.8) is 0 Å². The van der Waals surface area contributed by atoms with Gasteiger partial charge < -0.3 is 34.6 Å². The maximum absolute atomic E-state index is 12.6. The van der Waals surface area contributed by atoms with Crippen LogP contribution in [0.1, 0.15) is 81.0 Å². The minimum Gasteiger partial charge on any atom is -0.507 e. The van der Waals surface area contributed by atoms with E-state index in [1.807, 2.05) is 71.0 Å². The third-order valence-corrected chi connectivity index (χ3v) is 8.97. The van der Waals surface area contributed by atoms with Crippen LogP contribution in [0.2, 0.25) is 0 Å². The van der Waals surface area contributed by atoms with Crippen molar-refractivity contribution in [3.05, 3.63) is 179 Å². The maximum Gasteiger partial charge on any atom is 0.200 e. The third kappa shape index (κ3) is 11.7. The van der Waals surface area contributed by atoms with Crippen molar-refractivity contribution in [2.45, 2.75) is 40.7 Å². The smallest absolute Gasteiger partial charge is 0.200 e. The molecule has 0 unspecified atom stereocenters. The quantitative estimate of drug-likeness (QED) is 0.0864. The lowest BCUT2D eigenvalue weighted by Gasteiger charge is -2.11. The Kier molecular flexibility index (Phi) is 15.2. The normalized spacial score (nSPS) is 10.5. The molecule has 11 nitrogen and oxygen atoms in total. The zero-order chi connectivity index (χ0) is 44.1. The van der Waals surface area contributed by atoms with E-state index in [4.69, 9.17) is 14.2 Å². The van der Waals surface area contributed by atoms with Crippen LogP contribution < -0.4 is 14.2 Å². The van der Waals surface area contributed by atoms with Gasteiger partial charge in [0.1, 0.15) is 40.2 Å². The number of aryl methyl sites for hydroxylation is 1. The molecule has 0 aliphatic carbocycles. The number of aromatic nitrogens is 1. The number of phenolic OH excluding ortho intramolecular Hbond substituents is 4. The van der Waals surface area contributed by atoms with Crippen LogP contribution in [-0.4, -0.2) is 62.1 Å². The lowest BCUT2D eigenvalue weighted by atomic mass is 9.99. The van der Waals surface area contributed by atoms with Gasteiger partial charge in [0.2, 0.25) is 0 Å². The highest BCUT2D eigenvalue weighted by molar-refractivity contribution is 6.13. The average Bonchev–Trinajstić information content (AvgIpc) is 3.24. The second-order valence-corrected chi connectivity index (χ2v) is 13.9. The van der Waals surface area contributed by atoms with Crippen LogP contribution in [0.25, 0.3) is 10.8 Å². The molecule has 4 N–H and O–H groups in total. The zero-order valence-electron chi connectivity index (χ0n) is 34.5. The first-order chi connectivity index (χ1) is 29.3. The second kappa shape index (κ2) is 20.9. The molecule has 61 heavy (non-hydrogen) atoms. The molecule has 0 aliphatic heterocycles. The van der Waals surface area contributed by atoms with Gasteiger partial charge in [-0.05, 0) is 118 Å². The number of nitrogens with zero attached hydrogens (tertiary/aromatic N) is 1. The Morgan fingerprint density at radius 1 is 0.525 bits per heavy atom. The Balaban J connectivity index is 0.000000176. The number of carbonyl (C=O) groups excluding carboxylic acids is 3. The van der Waals surface area contributed by atoms with Crippen LogP contribution >= 0.6 is 0 Å². The molecule has 6 aromatic carbocycles. The van der Waals surface area contributed by atoms with Crippen molar-refractivity contribution >= 4 is 28.1 Å². The summed E-state index contributed by atoms with van der Waals surface area (Å²) in [5, 5.41) is 41.9. The maximum atomic E-state index is 12.6. The van der Waals surface area contributed by atoms with Crippen LogP contribution in [0.5, 0.6) is 40.2 Å². The van der Waals surface area contributed by atoms with Crippen molar-refractivity contribution in [2.24, 2.45) is 0 Å². The van der Waals surface area contributed by atoms with E-state index in [9.17, 15) is 34.8 Å². The molecule has 0 saturated heterocycles. The van der Waals surface area contributed by atoms with Crippen LogP contribution in [-0.2, 0) is 0 Å². The van der Waals surface area contributed by atoms with Crippen molar-refractivity contribution in [1.82, 2.24) is 4.98 Å². The molecule has 0 saturated carbocycles. The lowest BCUT2D eigenvalue weighted by molar-refractivity contribution is 0.102. The summed E-state index contributed by atoms with van der Waals surface area (Å²) in [5.74, 6) is 0.173. The molecule has 7 aromatic rings. The summed E-state index contributed by atoms with van der Waals surface area (Å²) in [5.41, 5.74) is 2.72. The molecule has 0 amide bonds. The summed E-state index contributed by atoms with van der Waals surface area (Å²) in [6.07, 6.45) is 3.10. The highest BCUT2D eigenvalue weighted by Crippen LogP contribution is 2.31. The van der Waals surface area contributed by atoms with Gasteiger partial charge in [0, 0.05) is 41.7 Å². The molecule has 11 heteroatoms. The van der Waals surface area contributed by atoms with E-state index in [0.717, 1.165) is 16.3 Å². The van der Waals surface area contributed by atoms with Gasteiger partial charge in [0.05, 0.1) is 41.6 Å². The predicted molar refractivity (Wildman–Crippen MR) is 234 cm³/mol. The molecule has 0 bridgehead atoms. The summed E-state index contributed by atoms with van der Waals surface area (Å²) in [4.78, 5) is 40.9. The molecule has 0 fully saturated rings. The first kappa shape index (κ1) is 44.4. The fourth-order valence-corrected chi connectivity index (χ4v) is 6.09. The molecule has 0 radical (unpaired) electrons. The Bertz CT molecular complexity index is 2580. The number of hydrogen-bond acceptors (Lipinski definition) is 11. The standard InChI is InChI=1S/C20H18O3.C17H18O5.C13H11NO2/c1-13(2)23-17-9-10-18(19(21)12-17)20(22)16-8-7-14-5-3-4-6-15(14)11-16;1-3-21-11-5-7-13(15(18)9-11)17(20)14-8-6-12(22-4-2)10-16(14)19;1-9-4-5-11(12(15)7-9)13(16)10-3-2-6-14-8-10/h3-13,21H,1-2H3;5-10,18-19H,3-4H2,1-2H3;2-8,15H,1H3. The average molecular weight is 822 g/mol. The zero-order valence-corrected chi connectivity index (χ0v) is 34.5. The van der Waals surface area contributed by atoms with Gasteiger partial charge in [0.25, 0.3) is 0 Å². The molecule has 0 aliphatic rings. The number of phenols is 4. The summed E-state index contributed by atoms with van der Waals surface area (Å²) in [6.45, 7) is 10.3. The van der Waals surface area contributed by atoms with Crippen molar-refractivity contribution in [1.29, 1.82) is 0 Å². The molecule has 0 atom stereocenters. The van der Waals surface area contributed by atoms with E-state index in [-0.39, 0.29) is 57.4 Å².